The van der Waals surface area contributed by atoms with Gasteiger partial charge >= 0.3 is 0 Å². The second-order valence-corrected chi connectivity index (χ2v) is 4.15. The minimum atomic E-state index is 1.21. The predicted molar refractivity (Wildman–Crippen MR) is 88.5 cm³/mol. The van der Waals surface area contributed by atoms with E-state index in [1.807, 2.05) is 13.8 Å². The van der Waals surface area contributed by atoms with Crippen molar-refractivity contribution in [1.82, 2.24) is 0 Å². The van der Waals surface area contributed by atoms with Crippen molar-refractivity contribution in [2.75, 3.05) is 0 Å². The molecule has 0 amide bonds. The average Bonchev–Trinajstić information content (AvgIpc) is 2.34. The summed E-state index contributed by atoms with van der Waals surface area (Å²) in [6.45, 7) is 16.8. The van der Waals surface area contributed by atoms with Gasteiger partial charge in [0.15, 0.2) is 0 Å². The summed E-state index contributed by atoms with van der Waals surface area (Å²) in [6, 6.07) is 8.71. The second kappa shape index (κ2) is 21.5. The topological polar surface area (TPSA) is 0 Å². The highest BCUT2D eigenvalue weighted by Gasteiger charge is 1.88. The predicted octanol–water partition coefficient (Wildman–Crippen LogP) is 6.81. The van der Waals surface area contributed by atoms with Gasteiger partial charge in [0, 0.05) is 0 Å². The highest BCUT2D eigenvalue weighted by atomic mass is 13.9. The summed E-state index contributed by atoms with van der Waals surface area (Å²) in [5.41, 5.74) is 2.83. The normalized spacial score (nSPS) is 7.78. The van der Waals surface area contributed by atoms with Gasteiger partial charge < -0.3 is 0 Å². The van der Waals surface area contributed by atoms with Crippen molar-refractivity contribution in [3.05, 3.63) is 35.4 Å². The maximum atomic E-state index is 2.25. The van der Waals surface area contributed by atoms with Gasteiger partial charge in [-0.3, -0.25) is 0 Å². The van der Waals surface area contributed by atoms with Gasteiger partial charge in [-0.25, -0.2) is 0 Å². The van der Waals surface area contributed by atoms with Crippen molar-refractivity contribution in [3.63, 3.8) is 0 Å². The summed E-state index contributed by atoms with van der Waals surface area (Å²) < 4.78 is 0. The molecule has 0 fully saturated rings. The molecule has 0 heteroatoms. The van der Waals surface area contributed by atoms with Crippen molar-refractivity contribution >= 4 is 0 Å². The largest absolute Gasteiger partial charge is 0.0683 e. The third-order valence-electron chi connectivity index (χ3n) is 1.62. The van der Waals surface area contributed by atoms with E-state index in [0.29, 0.717) is 0 Å². The van der Waals surface area contributed by atoms with Crippen LogP contribution in [0.2, 0.25) is 0 Å². The minimum Gasteiger partial charge on any atom is -0.0683 e. The van der Waals surface area contributed by atoms with Crippen LogP contribution in [0, 0.1) is 6.92 Å². The molecule has 0 saturated heterocycles. The fourth-order valence-electron chi connectivity index (χ4n) is 1.16. The van der Waals surface area contributed by atoms with Crippen LogP contribution in [0.5, 0.6) is 0 Å². The molecule has 0 N–H and O–H groups in total. The molecule has 18 heavy (non-hydrogen) atoms. The summed E-state index contributed by atoms with van der Waals surface area (Å²) in [5.74, 6) is 0. The Morgan fingerprint density at radius 1 is 0.833 bits per heavy atom. The zero-order chi connectivity index (χ0) is 14.8. The second-order valence-electron chi connectivity index (χ2n) is 4.15. The molecule has 0 aromatic heterocycles. The van der Waals surface area contributed by atoms with E-state index in [4.69, 9.17) is 0 Å². The quantitative estimate of drug-likeness (QED) is 0.542. The SMILES string of the molecule is CC.CCC.CCC.CCCc1cccc(C)c1. The van der Waals surface area contributed by atoms with Gasteiger partial charge in [0.2, 0.25) is 0 Å². The zero-order valence-electron chi connectivity index (χ0n) is 14.1. The molecule has 0 saturated carbocycles. The van der Waals surface area contributed by atoms with E-state index in [-0.39, 0.29) is 0 Å². The first kappa shape index (κ1) is 22.4. The molecule has 0 unspecified atom stereocenters. The molecule has 0 nitrogen and oxygen atoms in total. The van der Waals surface area contributed by atoms with Crippen LogP contribution < -0.4 is 0 Å². The monoisotopic (exact) mass is 252 g/mol. The van der Waals surface area contributed by atoms with Crippen LogP contribution in [0.1, 0.15) is 78.9 Å². The molecule has 0 heterocycles. The summed E-state index contributed by atoms with van der Waals surface area (Å²) in [4.78, 5) is 0. The third-order valence-corrected chi connectivity index (χ3v) is 1.62. The molecular weight excluding hydrogens is 216 g/mol. The molecule has 0 radical (unpaired) electrons. The molecule has 0 atom stereocenters. The summed E-state index contributed by atoms with van der Waals surface area (Å²) in [7, 11) is 0. The lowest BCUT2D eigenvalue weighted by Gasteiger charge is -1.97. The Balaban J connectivity index is -0.000000237. The van der Waals surface area contributed by atoms with E-state index in [0.717, 1.165) is 0 Å². The zero-order valence-corrected chi connectivity index (χ0v) is 14.1. The maximum Gasteiger partial charge on any atom is -0.0281 e. The number of hydrogen-bond donors (Lipinski definition) is 0. The summed E-state index contributed by atoms with van der Waals surface area (Å²) in [5, 5.41) is 0. The number of benzene rings is 1. The Morgan fingerprint density at radius 2 is 1.28 bits per heavy atom. The molecule has 0 aliphatic heterocycles. The molecule has 0 spiro atoms. The van der Waals surface area contributed by atoms with Gasteiger partial charge in [0.05, 0.1) is 0 Å². The van der Waals surface area contributed by atoms with Crippen molar-refractivity contribution in [2.24, 2.45) is 0 Å². The third kappa shape index (κ3) is 20.6. The molecule has 1 aromatic rings. The molecule has 1 aromatic carbocycles. The molecular formula is C18H36. The Bertz CT molecular complexity index is 223. The van der Waals surface area contributed by atoms with Crippen LogP contribution in [0.4, 0.5) is 0 Å². The highest BCUT2D eigenvalue weighted by Crippen LogP contribution is 2.05. The first-order valence-corrected chi connectivity index (χ1v) is 7.71. The molecule has 108 valence electrons. The number of rotatable bonds is 2. The average molecular weight is 252 g/mol. The molecule has 0 aliphatic rings. The first-order chi connectivity index (χ1) is 8.65. The molecule has 0 aliphatic carbocycles. The van der Waals surface area contributed by atoms with Gasteiger partial charge in [-0.05, 0) is 18.9 Å². The van der Waals surface area contributed by atoms with E-state index in [9.17, 15) is 0 Å². The van der Waals surface area contributed by atoms with E-state index in [1.54, 1.807) is 0 Å². The first-order valence-electron chi connectivity index (χ1n) is 7.71. The fourth-order valence-corrected chi connectivity index (χ4v) is 1.16. The molecule has 1 rings (SSSR count). The van der Waals surface area contributed by atoms with E-state index >= 15 is 0 Å². The lowest BCUT2D eigenvalue weighted by molar-refractivity contribution is 0.920. The maximum absolute atomic E-state index is 2.25. The van der Waals surface area contributed by atoms with Crippen LogP contribution in [-0.4, -0.2) is 0 Å². The summed E-state index contributed by atoms with van der Waals surface area (Å²) in [6.07, 6.45) is 4.95. The Morgan fingerprint density at radius 3 is 1.61 bits per heavy atom. The standard InChI is InChI=1S/C10H14.2C3H8.C2H6/c1-3-5-10-7-4-6-9(2)8-10;2*1-3-2;1-2/h4,6-8H,3,5H2,1-2H3;2*3H2,1-2H3;1-2H3. The summed E-state index contributed by atoms with van der Waals surface area (Å²) >= 11 is 0. The van der Waals surface area contributed by atoms with E-state index in [2.05, 4.69) is 65.8 Å². The lowest BCUT2D eigenvalue weighted by atomic mass is 10.1. The van der Waals surface area contributed by atoms with Crippen LogP contribution >= 0.6 is 0 Å². The van der Waals surface area contributed by atoms with Crippen LogP contribution in [0.3, 0.4) is 0 Å². The Labute approximate surface area is 117 Å². The van der Waals surface area contributed by atoms with Crippen molar-refractivity contribution in [2.45, 2.75) is 81.1 Å². The Hall–Kier alpha value is -0.780. The van der Waals surface area contributed by atoms with Gasteiger partial charge in [-0.1, -0.05) is 97.6 Å². The molecule has 0 bridgehead atoms. The number of aryl methyl sites for hydroxylation is 2. The number of hydrogen-bond acceptors (Lipinski definition) is 0. The van der Waals surface area contributed by atoms with Crippen LogP contribution in [0.25, 0.3) is 0 Å². The van der Waals surface area contributed by atoms with Gasteiger partial charge in [-0.15, -0.1) is 0 Å². The van der Waals surface area contributed by atoms with Crippen molar-refractivity contribution < 1.29 is 0 Å². The smallest absolute Gasteiger partial charge is 0.0281 e. The van der Waals surface area contributed by atoms with Gasteiger partial charge in [0.1, 0.15) is 0 Å². The Kier molecular flexibility index (Phi) is 26.8. The lowest BCUT2D eigenvalue weighted by Crippen LogP contribution is -1.82. The van der Waals surface area contributed by atoms with Crippen LogP contribution in [-0.2, 0) is 6.42 Å². The fraction of sp³-hybridized carbons (Fsp3) is 0.667. The minimum absolute atomic E-state index is 1.21. The van der Waals surface area contributed by atoms with E-state index < -0.39 is 0 Å². The highest BCUT2D eigenvalue weighted by molar-refractivity contribution is 5.21. The van der Waals surface area contributed by atoms with Crippen molar-refractivity contribution in [3.8, 4) is 0 Å². The van der Waals surface area contributed by atoms with E-state index in [1.165, 1.54) is 36.8 Å². The van der Waals surface area contributed by atoms with Gasteiger partial charge in [0.25, 0.3) is 0 Å². The van der Waals surface area contributed by atoms with Crippen LogP contribution in [0.15, 0.2) is 24.3 Å². The van der Waals surface area contributed by atoms with Gasteiger partial charge in [-0.2, -0.15) is 0 Å². The van der Waals surface area contributed by atoms with Crippen molar-refractivity contribution in [1.29, 1.82) is 0 Å².